The highest BCUT2D eigenvalue weighted by atomic mass is 16.6. The number of carbonyl (C=O) groups is 2. The summed E-state index contributed by atoms with van der Waals surface area (Å²) in [5, 5.41) is 41.1. The molecule has 1 aliphatic rings. The molecule has 0 aromatic rings. The molecule has 0 aromatic carbocycles. The van der Waals surface area contributed by atoms with Gasteiger partial charge in [0, 0.05) is 18.8 Å². The number of allylic oxidation sites excluding steroid dienone is 1. The van der Waals surface area contributed by atoms with Gasteiger partial charge in [0.25, 0.3) is 0 Å². The fourth-order valence-corrected chi connectivity index (χ4v) is 6.47. The third-order valence-corrected chi connectivity index (χ3v) is 9.54. The molecule has 0 aromatic heterocycles. The van der Waals surface area contributed by atoms with Gasteiger partial charge in [-0.25, -0.2) is 0 Å². The molecule has 8 heteroatoms. The van der Waals surface area contributed by atoms with Crippen molar-refractivity contribution in [2.45, 2.75) is 192 Å². The molecule has 1 saturated carbocycles. The lowest BCUT2D eigenvalue weighted by atomic mass is 9.89. The lowest BCUT2D eigenvalue weighted by molar-refractivity contribution is -0.151. The lowest BCUT2D eigenvalue weighted by Gasteiger charge is -2.19. The van der Waals surface area contributed by atoms with E-state index < -0.39 is 30.4 Å². The van der Waals surface area contributed by atoms with Gasteiger partial charge in [-0.3, -0.25) is 9.59 Å². The van der Waals surface area contributed by atoms with Crippen LogP contribution in [0.3, 0.4) is 0 Å². The SMILES string of the molecule is CCCCCCCCCCCCCCCCCCC(=O)OC[C@@H](O)COC(=O)C/C=C\C[C@H]1[C@@H](/C=C/[C@H](O)CCCCC)[C@H](O)C[C@@H]1O. The molecule has 0 bridgehead atoms. The van der Waals surface area contributed by atoms with Crippen LogP contribution in [0.15, 0.2) is 24.3 Å². The van der Waals surface area contributed by atoms with E-state index in [1.165, 1.54) is 83.5 Å². The topological polar surface area (TPSA) is 134 Å². The second-order valence-corrected chi connectivity index (χ2v) is 14.0. The first kappa shape index (κ1) is 44.3. The van der Waals surface area contributed by atoms with Crippen molar-refractivity contribution in [2.75, 3.05) is 13.2 Å². The Kier molecular flexibility index (Phi) is 27.8. The van der Waals surface area contributed by atoms with Crippen LogP contribution >= 0.6 is 0 Å². The molecule has 1 aliphatic carbocycles. The van der Waals surface area contributed by atoms with Gasteiger partial charge in [-0.1, -0.05) is 154 Å². The second kappa shape index (κ2) is 30.1. The summed E-state index contributed by atoms with van der Waals surface area (Å²) in [5.74, 6) is -1.32. The molecule has 0 unspecified atom stereocenters. The van der Waals surface area contributed by atoms with Gasteiger partial charge in [-0.2, -0.15) is 0 Å². The number of aliphatic hydroxyl groups excluding tert-OH is 4. The average Bonchev–Trinajstić information content (AvgIpc) is 3.34. The van der Waals surface area contributed by atoms with Crippen molar-refractivity contribution in [3.05, 3.63) is 24.3 Å². The predicted molar refractivity (Wildman–Crippen MR) is 193 cm³/mol. The van der Waals surface area contributed by atoms with Gasteiger partial charge in [0.1, 0.15) is 19.3 Å². The van der Waals surface area contributed by atoms with Crippen LogP contribution in [0.4, 0.5) is 0 Å². The van der Waals surface area contributed by atoms with E-state index in [0.717, 1.165) is 38.5 Å². The number of hydrogen-bond acceptors (Lipinski definition) is 8. The van der Waals surface area contributed by atoms with Gasteiger partial charge in [-0.15, -0.1) is 0 Å². The van der Waals surface area contributed by atoms with Crippen molar-refractivity contribution in [3.63, 3.8) is 0 Å². The first-order chi connectivity index (χ1) is 23.3. The Morgan fingerprint density at radius 3 is 1.73 bits per heavy atom. The fraction of sp³-hybridized carbons (Fsp3) is 0.850. The van der Waals surface area contributed by atoms with E-state index in [0.29, 0.717) is 19.3 Å². The minimum Gasteiger partial charge on any atom is -0.463 e. The molecule has 6 atom stereocenters. The molecule has 0 heterocycles. The molecule has 1 rings (SSSR count). The molecular weight excluding hydrogens is 608 g/mol. The standard InChI is InChI=1S/C40H72O8/c1-3-5-7-8-9-10-11-12-13-14-15-16-17-18-19-21-26-39(45)47-31-34(42)32-48-40(46)27-23-22-25-35-36(38(44)30-37(35)43)29-28-33(41)24-20-6-4-2/h22-23,28-29,33-38,41-44H,3-21,24-27,30-32H2,1-2H3/b23-22-,29-28+/t33-,34-,35+,36-,37+,38-/m1/s1. The number of carbonyl (C=O) groups excluding carboxylic acids is 2. The quantitative estimate of drug-likeness (QED) is 0.0327. The third kappa shape index (κ3) is 23.6. The summed E-state index contributed by atoms with van der Waals surface area (Å²) in [5.41, 5.74) is 0. The van der Waals surface area contributed by atoms with Crippen LogP contribution in [-0.2, 0) is 19.1 Å². The van der Waals surface area contributed by atoms with Crippen LogP contribution in [0.1, 0.15) is 168 Å². The number of ether oxygens (including phenoxy) is 2. The van der Waals surface area contributed by atoms with Crippen molar-refractivity contribution in [1.29, 1.82) is 0 Å². The van der Waals surface area contributed by atoms with Crippen molar-refractivity contribution in [2.24, 2.45) is 11.8 Å². The summed E-state index contributed by atoms with van der Waals surface area (Å²) in [7, 11) is 0. The molecule has 0 radical (unpaired) electrons. The predicted octanol–water partition coefficient (Wildman–Crippen LogP) is 8.28. The zero-order chi connectivity index (χ0) is 35.2. The Hall–Kier alpha value is -1.74. The Labute approximate surface area is 292 Å². The highest BCUT2D eigenvalue weighted by molar-refractivity contribution is 5.71. The summed E-state index contributed by atoms with van der Waals surface area (Å²) in [6.07, 6.45) is 29.3. The number of rotatable bonds is 31. The first-order valence-corrected chi connectivity index (χ1v) is 19.6. The average molecular weight is 681 g/mol. The van der Waals surface area contributed by atoms with Crippen LogP contribution in [0.5, 0.6) is 0 Å². The van der Waals surface area contributed by atoms with E-state index in [-0.39, 0.29) is 43.9 Å². The smallest absolute Gasteiger partial charge is 0.309 e. The lowest BCUT2D eigenvalue weighted by Crippen LogP contribution is -2.25. The Balaban J connectivity index is 2.06. The van der Waals surface area contributed by atoms with Crippen molar-refractivity contribution < 1.29 is 39.5 Å². The zero-order valence-corrected chi connectivity index (χ0v) is 30.6. The molecule has 280 valence electrons. The van der Waals surface area contributed by atoms with Crippen LogP contribution in [0.25, 0.3) is 0 Å². The van der Waals surface area contributed by atoms with Crippen molar-refractivity contribution >= 4 is 11.9 Å². The maximum absolute atomic E-state index is 12.1. The van der Waals surface area contributed by atoms with Gasteiger partial charge in [0.15, 0.2) is 0 Å². The largest absolute Gasteiger partial charge is 0.463 e. The van der Waals surface area contributed by atoms with E-state index in [4.69, 9.17) is 9.47 Å². The van der Waals surface area contributed by atoms with Gasteiger partial charge >= 0.3 is 11.9 Å². The Morgan fingerprint density at radius 1 is 0.667 bits per heavy atom. The number of esters is 2. The fourth-order valence-electron chi connectivity index (χ4n) is 6.47. The molecule has 48 heavy (non-hydrogen) atoms. The third-order valence-electron chi connectivity index (χ3n) is 9.54. The van der Waals surface area contributed by atoms with E-state index in [9.17, 15) is 30.0 Å². The zero-order valence-electron chi connectivity index (χ0n) is 30.6. The van der Waals surface area contributed by atoms with Gasteiger partial charge < -0.3 is 29.9 Å². The highest BCUT2D eigenvalue weighted by Gasteiger charge is 2.39. The molecule has 0 aliphatic heterocycles. The van der Waals surface area contributed by atoms with Gasteiger partial charge in [0.2, 0.25) is 0 Å². The van der Waals surface area contributed by atoms with E-state index >= 15 is 0 Å². The van der Waals surface area contributed by atoms with Crippen LogP contribution < -0.4 is 0 Å². The van der Waals surface area contributed by atoms with Crippen LogP contribution in [-0.4, -0.2) is 70.0 Å². The van der Waals surface area contributed by atoms with Crippen molar-refractivity contribution in [3.8, 4) is 0 Å². The summed E-state index contributed by atoms with van der Waals surface area (Å²) >= 11 is 0. The number of aliphatic hydroxyl groups is 4. The van der Waals surface area contributed by atoms with Gasteiger partial charge in [0.05, 0.1) is 24.7 Å². The normalized spacial score (nSPS) is 20.9. The first-order valence-electron chi connectivity index (χ1n) is 19.6. The molecule has 8 nitrogen and oxygen atoms in total. The summed E-state index contributed by atoms with van der Waals surface area (Å²) < 4.78 is 10.3. The molecule has 4 N–H and O–H groups in total. The number of hydrogen-bond donors (Lipinski definition) is 4. The summed E-state index contributed by atoms with van der Waals surface area (Å²) in [6.45, 7) is 3.92. The van der Waals surface area contributed by atoms with Gasteiger partial charge in [-0.05, 0) is 25.2 Å². The van der Waals surface area contributed by atoms with E-state index in [1.807, 2.05) is 6.08 Å². The van der Waals surface area contributed by atoms with E-state index in [1.54, 1.807) is 18.2 Å². The summed E-state index contributed by atoms with van der Waals surface area (Å²) in [6, 6.07) is 0. The maximum atomic E-state index is 12.1. The van der Waals surface area contributed by atoms with Crippen LogP contribution in [0, 0.1) is 11.8 Å². The molecule has 0 amide bonds. The van der Waals surface area contributed by atoms with Crippen molar-refractivity contribution in [1.82, 2.24) is 0 Å². The summed E-state index contributed by atoms with van der Waals surface area (Å²) in [4.78, 5) is 24.1. The highest BCUT2D eigenvalue weighted by Crippen LogP contribution is 2.36. The molecule has 1 fully saturated rings. The monoisotopic (exact) mass is 681 g/mol. The molecular formula is C40H72O8. The molecule has 0 spiro atoms. The number of unbranched alkanes of at least 4 members (excludes halogenated alkanes) is 17. The van der Waals surface area contributed by atoms with Crippen LogP contribution in [0.2, 0.25) is 0 Å². The van der Waals surface area contributed by atoms with E-state index in [2.05, 4.69) is 13.8 Å². The minimum absolute atomic E-state index is 0.00772. The maximum Gasteiger partial charge on any atom is 0.309 e. The molecule has 0 saturated heterocycles. The minimum atomic E-state index is -1.08. The Bertz CT molecular complexity index is 843. The second-order valence-electron chi connectivity index (χ2n) is 14.0. The Morgan fingerprint density at radius 2 is 1.17 bits per heavy atom.